The molecule has 8 rings (SSSR count). The first-order valence-corrected chi connectivity index (χ1v) is 45.3. The molecule has 0 aromatic carbocycles. The second kappa shape index (κ2) is 43.6. The molecule has 0 unspecified atom stereocenters. The van der Waals surface area contributed by atoms with Gasteiger partial charge in [-0.2, -0.15) is 0 Å². The number of nitrogen functional groups attached to an aromatic ring is 1. The first-order valence-electron chi connectivity index (χ1n) is 37.6. The number of nitrogens with one attached hydrogen (secondary N) is 4. The van der Waals surface area contributed by atoms with Crippen LogP contribution in [0.25, 0.3) is 16.7 Å². The van der Waals surface area contributed by atoms with E-state index >= 15 is 0 Å². The highest BCUT2D eigenvalue weighted by Gasteiger charge is 2.38. The Morgan fingerprint density at radius 3 is 1.55 bits per heavy atom. The molecule has 618 valence electrons. The number of amides is 5. The van der Waals surface area contributed by atoms with E-state index in [2.05, 4.69) is 152 Å². The summed E-state index contributed by atoms with van der Waals surface area (Å²) in [6.45, 7) is 48.0. The van der Waals surface area contributed by atoms with Gasteiger partial charge in [0.05, 0.1) is 50.7 Å². The molecule has 7 aromatic rings. The molecule has 1 saturated heterocycles. The average Bonchev–Trinajstić information content (AvgIpc) is 0.753. The number of halogens is 8. The molecule has 23 nitrogen and oxygen atoms in total. The van der Waals surface area contributed by atoms with Gasteiger partial charge >= 0.3 is 17.8 Å². The Kier molecular flexibility index (Phi) is 37.8. The number of imide groups is 1. The Hall–Kier alpha value is -7.13. The molecule has 0 bridgehead atoms. The zero-order chi connectivity index (χ0) is 84.7. The number of rotatable bonds is 23. The van der Waals surface area contributed by atoms with Gasteiger partial charge in [0.2, 0.25) is 0 Å². The number of hydrogen-bond acceptors (Lipinski definition) is 17. The largest absolute Gasteiger partial charge is 0.444 e. The highest BCUT2D eigenvalue weighted by Crippen LogP contribution is 2.38. The second-order valence-corrected chi connectivity index (χ2v) is 43.8. The van der Waals surface area contributed by atoms with Crippen molar-refractivity contribution < 1.29 is 45.9 Å². The fourth-order valence-electron chi connectivity index (χ4n) is 10.5. The van der Waals surface area contributed by atoms with Crippen molar-refractivity contribution in [1.82, 2.24) is 55.0 Å². The van der Waals surface area contributed by atoms with Gasteiger partial charge in [-0.05, 0) is 186 Å². The maximum Gasteiger partial charge on any atom is 0.410 e. The summed E-state index contributed by atoms with van der Waals surface area (Å²) in [4.78, 5) is 101. The number of carbonyl (C=O) groups is 4. The topological polar surface area (TPSA) is 320 Å². The third kappa shape index (κ3) is 30.2. The third-order valence-electron chi connectivity index (χ3n) is 18.7. The number of nitrogens with zero attached hydrogens (tertiary/aromatic N) is 8. The van der Waals surface area contributed by atoms with Crippen LogP contribution in [0.4, 0.5) is 34.1 Å². The van der Waals surface area contributed by atoms with Gasteiger partial charge in [0.1, 0.15) is 15.9 Å². The summed E-state index contributed by atoms with van der Waals surface area (Å²) in [5.74, 6) is -3.88. The number of aromatic nitrogens is 8. The van der Waals surface area contributed by atoms with E-state index < -0.39 is 79.1 Å². The van der Waals surface area contributed by atoms with Crippen LogP contribution in [0.15, 0.2) is 64.6 Å². The number of nitrogens with two attached hydrogens (primary N) is 2. The van der Waals surface area contributed by atoms with Crippen LogP contribution in [0.1, 0.15) is 235 Å². The minimum absolute atomic E-state index is 0.00577. The monoisotopic (exact) mass is 1690 g/mol. The van der Waals surface area contributed by atoms with Gasteiger partial charge in [0.15, 0.2) is 55.2 Å². The predicted octanol–water partition coefficient (Wildman–Crippen LogP) is 19.4. The van der Waals surface area contributed by atoms with E-state index in [9.17, 15) is 41.9 Å². The van der Waals surface area contributed by atoms with E-state index in [1.165, 1.54) is 29.4 Å². The van der Waals surface area contributed by atoms with Gasteiger partial charge in [0.25, 0.3) is 17.4 Å². The van der Waals surface area contributed by atoms with Crippen LogP contribution in [0.2, 0.25) is 62.0 Å². The number of piperazine rings is 1. The van der Waals surface area contributed by atoms with Crippen molar-refractivity contribution in [2.45, 2.75) is 248 Å². The maximum absolute atomic E-state index is 14.0. The SMILES string of the molecule is CC(C)c1ncc(CCCCO[Si](C)(C)C(C)(C)C)cc1-n1c(=O)[nH]c(=O)c2cc(F)c(Cl)nc21.CC(C)c1ncc(CCCCO[Si](C)(C)C(C)(C)C)cc1NC(=O)NC(=O)c1cc(F)c(Cl)nc1Cl.CCCCCc1cnc(C(C)C)c(N)c1.C[C@H]1CN(C(=O)OC(C)(C)C)CCN1.NC(=O)c1cc(F)c(Cl)nc1Cl. The van der Waals surface area contributed by atoms with Crippen molar-refractivity contribution in [1.29, 1.82) is 0 Å². The summed E-state index contributed by atoms with van der Waals surface area (Å²) in [6.07, 6.45) is 15.4. The number of aromatic amines is 1. The van der Waals surface area contributed by atoms with E-state index in [-0.39, 0.29) is 65.6 Å². The van der Waals surface area contributed by atoms with Gasteiger partial charge in [-0.1, -0.05) is 161 Å². The number of fused-ring (bicyclic) bond motifs is 1. The summed E-state index contributed by atoms with van der Waals surface area (Å²) in [5, 5.41) is 6.62. The zero-order valence-electron chi connectivity index (χ0n) is 68.5. The number of anilines is 2. The molecule has 33 heteroatoms. The Morgan fingerprint density at radius 2 is 1.08 bits per heavy atom. The molecule has 1 aliphatic heterocycles. The normalized spacial score (nSPS) is 13.3. The first-order chi connectivity index (χ1) is 51.9. The highest BCUT2D eigenvalue weighted by molar-refractivity contribution is 6.74. The number of aryl methyl sites for hydroxylation is 3. The van der Waals surface area contributed by atoms with E-state index in [1.54, 1.807) is 11.1 Å². The van der Waals surface area contributed by atoms with Crippen LogP contribution >= 0.6 is 58.0 Å². The van der Waals surface area contributed by atoms with Crippen molar-refractivity contribution in [3.8, 4) is 5.69 Å². The van der Waals surface area contributed by atoms with E-state index in [1.807, 2.05) is 73.0 Å². The minimum Gasteiger partial charge on any atom is -0.444 e. The minimum atomic E-state index is -1.78. The average molecular weight is 1690 g/mol. The summed E-state index contributed by atoms with van der Waals surface area (Å²) in [6, 6.07) is 8.06. The highest BCUT2D eigenvalue weighted by atomic mass is 35.5. The summed E-state index contributed by atoms with van der Waals surface area (Å²) < 4.78 is 59.4. The molecule has 0 saturated carbocycles. The van der Waals surface area contributed by atoms with Crippen molar-refractivity contribution in [3.05, 3.63) is 164 Å². The van der Waals surface area contributed by atoms with Crippen molar-refractivity contribution in [3.63, 3.8) is 0 Å². The van der Waals surface area contributed by atoms with Crippen LogP contribution in [-0.2, 0) is 32.9 Å². The molecule has 7 aromatic heterocycles. The number of carbonyl (C=O) groups excluding carboxylic acids is 4. The summed E-state index contributed by atoms with van der Waals surface area (Å²) >= 11 is 28.0. The first kappa shape index (κ1) is 97.2. The molecule has 5 amide bonds. The number of pyridine rings is 6. The van der Waals surface area contributed by atoms with Gasteiger partial charge in [-0.15, -0.1) is 0 Å². The summed E-state index contributed by atoms with van der Waals surface area (Å²) in [7, 11) is -3.54. The van der Waals surface area contributed by atoms with Crippen LogP contribution in [0.3, 0.4) is 0 Å². The lowest BCUT2D eigenvalue weighted by molar-refractivity contribution is 0.0201. The summed E-state index contributed by atoms with van der Waals surface area (Å²) in [5.41, 5.74) is 15.9. The van der Waals surface area contributed by atoms with E-state index in [0.29, 0.717) is 47.9 Å². The molecular formula is C79H114Cl5F3N14O9Si2. The smallest absolute Gasteiger partial charge is 0.410 e. The number of hydrogen-bond donors (Lipinski definition) is 6. The number of urea groups is 1. The lowest BCUT2D eigenvalue weighted by Gasteiger charge is -2.36. The molecule has 0 spiro atoms. The van der Waals surface area contributed by atoms with E-state index in [0.717, 1.165) is 105 Å². The number of H-pyrrole nitrogens is 1. The van der Waals surface area contributed by atoms with E-state index in [4.69, 9.17) is 83.1 Å². The molecule has 1 atom stereocenters. The molecule has 8 heterocycles. The zero-order valence-corrected chi connectivity index (χ0v) is 74.3. The lowest BCUT2D eigenvalue weighted by atomic mass is 10.0. The van der Waals surface area contributed by atoms with Gasteiger partial charge in [-0.25, -0.2) is 47.1 Å². The molecule has 0 aliphatic carbocycles. The Bertz CT molecular complexity index is 4480. The quantitative estimate of drug-likeness (QED) is 0.0197. The lowest BCUT2D eigenvalue weighted by Crippen LogP contribution is -2.52. The Labute approximate surface area is 684 Å². The second-order valence-electron chi connectivity index (χ2n) is 32.4. The Balaban J connectivity index is 0.000000319. The van der Waals surface area contributed by atoms with Gasteiger partial charge in [-0.3, -0.25) is 39.6 Å². The molecule has 112 heavy (non-hydrogen) atoms. The Morgan fingerprint density at radius 1 is 0.625 bits per heavy atom. The standard InChI is InChI=1S/C25H35Cl2FN4O3Si.C25H34ClFN4O3Si.C13H22N2.C10H20N2O2.C6H3Cl2FN2O/c1-15(2)20-19(30-24(34)32-23(33)17-13-18(28)22(27)31-21(17)26)12-16(14-29-20)10-8-9-11-35-36(6,7)25(3,4)5;1-15(2)20-19(31-22-17(23(32)30-24(31)33)13-18(27)21(26)29-22)12-16(14-28-20)10-8-9-11-34-35(6,7)25(3,4)5;1-4-5-6-7-11-8-12(14)13(10(2)3)15-9-11;1-8-7-12(6-5-11-8)9(13)14-10(2,3)4;7-4-2(6(10)12)1-3(9)5(8)11-4/h12-15H,8-11H2,1-7H3,(H2,30,32,33,34);12-15H,8-11H2,1-7H3,(H,30,32,33);8-10H,4-7,14H2,1-3H3;8,11H,5-7H2,1-4H3;1H,(H2,10,12)/t;;;8-;/m...0./s1. The van der Waals surface area contributed by atoms with Crippen molar-refractivity contribution >= 4 is 121 Å². The van der Waals surface area contributed by atoms with Gasteiger partial charge < -0.3 is 40.6 Å². The fourth-order valence-corrected chi connectivity index (χ4v) is 13.6. The maximum atomic E-state index is 14.0. The van der Waals surface area contributed by atoms with Crippen LogP contribution in [0.5, 0.6) is 0 Å². The molecule has 8 N–H and O–H groups in total. The number of primary amides is 1. The van der Waals surface area contributed by atoms with Crippen LogP contribution in [-0.4, -0.2) is 129 Å². The number of ether oxygens (including phenoxy) is 1. The van der Waals surface area contributed by atoms with Crippen molar-refractivity contribution in [2.24, 2.45) is 5.73 Å². The number of unbranched alkanes of at least 4 members (excludes halogenated alkanes) is 4. The molecular weight excluding hydrogens is 1580 g/mol. The molecule has 1 fully saturated rings. The molecule has 1 aliphatic rings. The molecule has 0 radical (unpaired) electrons. The van der Waals surface area contributed by atoms with Gasteiger partial charge in [0, 0.05) is 57.5 Å². The third-order valence-corrected chi connectivity index (χ3v) is 29.2. The predicted molar refractivity (Wildman–Crippen MR) is 450 cm³/mol. The van der Waals surface area contributed by atoms with Crippen LogP contribution in [0, 0.1) is 17.5 Å². The van der Waals surface area contributed by atoms with Crippen LogP contribution < -0.4 is 38.7 Å². The van der Waals surface area contributed by atoms with Crippen molar-refractivity contribution in [2.75, 3.05) is 43.9 Å². The fraction of sp³-hybridized carbons (Fsp3) is 0.544.